The summed E-state index contributed by atoms with van der Waals surface area (Å²) in [6.45, 7) is 4.66. The highest BCUT2D eigenvalue weighted by atomic mass is 32.1. The van der Waals surface area contributed by atoms with Crippen molar-refractivity contribution in [2.45, 2.75) is 19.8 Å². The molecule has 3 rings (SSSR count). The minimum atomic E-state index is 0.732. The van der Waals surface area contributed by atoms with Crippen LogP contribution in [0.1, 0.15) is 17.5 Å². The third-order valence-electron chi connectivity index (χ3n) is 4.01. The molecule has 0 aromatic carbocycles. The SMILES string of the molecule is CCNC(=NCCc1cn2ccccc2n1)N(C)CCc1cccs1. The summed E-state index contributed by atoms with van der Waals surface area (Å²) in [6.07, 6.45) is 6.00. The van der Waals surface area contributed by atoms with Gasteiger partial charge in [-0.2, -0.15) is 0 Å². The normalized spacial score (nSPS) is 11.8. The summed E-state index contributed by atoms with van der Waals surface area (Å²) in [5.74, 6) is 0.961. The molecule has 0 spiro atoms. The average molecular weight is 356 g/mol. The minimum absolute atomic E-state index is 0.732. The van der Waals surface area contributed by atoms with Gasteiger partial charge in [-0.15, -0.1) is 11.3 Å². The Morgan fingerprint density at radius 1 is 1.28 bits per heavy atom. The number of fused-ring (bicyclic) bond motifs is 1. The van der Waals surface area contributed by atoms with E-state index in [1.54, 1.807) is 0 Å². The van der Waals surface area contributed by atoms with Gasteiger partial charge in [-0.1, -0.05) is 12.1 Å². The fourth-order valence-electron chi connectivity index (χ4n) is 2.69. The van der Waals surface area contributed by atoms with E-state index in [1.807, 2.05) is 35.7 Å². The molecule has 0 aliphatic carbocycles. The first-order chi connectivity index (χ1) is 12.3. The lowest BCUT2D eigenvalue weighted by Gasteiger charge is -2.21. The molecule has 0 aliphatic rings. The van der Waals surface area contributed by atoms with Gasteiger partial charge < -0.3 is 14.6 Å². The number of hydrogen-bond acceptors (Lipinski definition) is 3. The van der Waals surface area contributed by atoms with Crippen LogP contribution in [0.5, 0.6) is 0 Å². The van der Waals surface area contributed by atoms with Crippen LogP contribution in [0.2, 0.25) is 0 Å². The maximum atomic E-state index is 4.76. The van der Waals surface area contributed by atoms with Crippen LogP contribution in [-0.4, -0.2) is 46.9 Å². The molecular formula is C19H25N5S. The topological polar surface area (TPSA) is 44.9 Å². The maximum Gasteiger partial charge on any atom is 0.193 e. The Balaban J connectivity index is 1.57. The van der Waals surface area contributed by atoms with Gasteiger partial charge in [0.05, 0.1) is 5.69 Å². The Bertz CT molecular complexity index is 773. The fraction of sp³-hybridized carbons (Fsp3) is 0.368. The summed E-state index contributed by atoms with van der Waals surface area (Å²) >= 11 is 1.81. The largest absolute Gasteiger partial charge is 0.357 e. The van der Waals surface area contributed by atoms with E-state index in [9.17, 15) is 0 Å². The predicted molar refractivity (Wildman–Crippen MR) is 106 cm³/mol. The first-order valence-corrected chi connectivity index (χ1v) is 9.58. The minimum Gasteiger partial charge on any atom is -0.357 e. The fourth-order valence-corrected chi connectivity index (χ4v) is 3.39. The Hall–Kier alpha value is -2.34. The highest BCUT2D eigenvalue weighted by molar-refractivity contribution is 7.09. The zero-order valence-corrected chi connectivity index (χ0v) is 15.7. The lowest BCUT2D eigenvalue weighted by Crippen LogP contribution is -2.40. The molecule has 0 amide bonds. The van der Waals surface area contributed by atoms with Gasteiger partial charge in [-0.05, 0) is 36.9 Å². The van der Waals surface area contributed by atoms with E-state index in [-0.39, 0.29) is 0 Å². The molecule has 5 nitrogen and oxygen atoms in total. The number of guanidine groups is 1. The monoisotopic (exact) mass is 355 g/mol. The van der Waals surface area contributed by atoms with Crippen molar-refractivity contribution < 1.29 is 0 Å². The number of aliphatic imine (C=N–C) groups is 1. The molecule has 25 heavy (non-hydrogen) atoms. The summed E-state index contributed by atoms with van der Waals surface area (Å²) in [4.78, 5) is 13.0. The lowest BCUT2D eigenvalue weighted by atomic mass is 10.3. The number of thiophene rings is 1. The van der Waals surface area contributed by atoms with E-state index in [2.05, 4.69) is 57.3 Å². The van der Waals surface area contributed by atoms with Crippen molar-refractivity contribution in [3.63, 3.8) is 0 Å². The molecule has 3 aromatic rings. The number of aromatic nitrogens is 2. The second-order valence-electron chi connectivity index (χ2n) is 5.93. The van der Waals surface area contributed by atoms with Crippen molar-refractivity contribution in [2.75, 3.05) is 26.7 Å². The Morgan fingerprint density at radius 3 is 2.96 bits per heavy atom. The van der Waals surface area contributed by atoms with Crippen molar-refractivity contribution in [3.05, 3.63) is 58.7 Å². The maximum absolute atomic E-state index is 4.76. The van der Waals surface area contributed by atoms with Gasteiger partial charge in [0.1, 0.15) is 5.65 Å². The van der Waals surface area contributed by atoms with Crippen LogP contribution in [0.4, 0.5) is 0 Å². The summed E-state index contributed by atoms with van der Waals surface area (Å²) in [6, 6.07) is 10.3. The molecule has 0 fully saturated rings. The molecule has 132 valence electrons. The van der Waals surface area contributed by atoms with E-state index in [1.165, 1.54) is 4.88 Å². The van der Waals surface area contributed by atoms with Crippen molar-refractivity contribution >= 4 is 22.9 Å². The summed E-state index contributed by atoms with van der Waals surface area (Å²) < 4.78 is 2.05. The first-order valence-electron chi connectivity index (χ1n) is 8.70. The molecule has 0 saturated carbocycles. The molecule has 0 radical (unpaired) electrons. The van der Waals surface area contributed by atoms with E-state index in [4.69, 9.17) is 4.99 Å². The molecule has 0 unspecified atom stereocenters. The van der Waals surface area contributed by atoms with Gasteiger partial charge in [0.15, 0.2) is 5.96 Å². The van der Waals surface area contributed by atoms with Crippen molar-refractivity contribution in [1.29, 1.82) is 0 Å². The van der Waals surface area contributed by atoms with Gasteiger partial charge in [0, 0.05) is 50.4 Å². The molecular weight excluding hydrogens is 330 g/mol. The predicted octanol–water partition coefficient (Wildman–Crippen LogP) is 3.08. The second kappa shape index (κ2) is 8.67. The molecule has 0 atom stereocenters. The first kappa shape index (κ1) is 17.5. The van der Waals surface area contributed by atoms with Gasteiger partial charge >= 0.3 is 0 Å². The van der Waals surface area contributed by atoms with E-state index >= 15 is 0 Å². The molecule has 3 aromatic heterocycles. The molecule has 0 aliphatic heterocycles. The third-order valence-corrected chi connectivity index (χ3v) is 4.95. The molecule has 3 heterocycles. The molecule has 6 heteroatoms. The van der Waals surface area contributed by atoms with Crippen LogP contribution in [0.3, 0.4) is 0 Å². The summed E-state index contributed by atoms with van der Waals surface area (Å²) in [5, 5.41) is 5.51. The van der Waals surface area contributed by atoms with Gasteiger partial charge in [0.25, 0.3) is 0 Å². The number of likely N-dealkylation sites (N-methyl/N-ethyl adjacent to an activating group) is 1. The quantitative estimate of drug-likeness (QED) is 0.523. The van der Waals surface area contributed by atoms with Crippen molar-refractivity contribution in [3.8, 4) is 0 Å². The van der Waals surface area contributed by atoms with Gasteiger partial charge in [-0.3, -0.25) is 4.99 Å². The molecule has 0 bridgehead atoms. The van der Waals surface area contributed by atoms with E-state index in [0.29, 0.717) is 0 Å². The number of imidazole rings is 1. The van der Waals surface area contributed by atoms with Crippen LogP contribution in [-0.2, 0) is 12.8 Å². The van der Waals surface area contributed by atoms with Crippen LogP contribution in [0.25, 0.3) is 5.65 Å². The number of nitrogens with zero attached hydrogens (tertiary/aromatic N) is 4. The van der Waals surface area contributed by atoms with Crippen LogP contribution in [0.15, 0.2) is 53.1 Å². The van der Waals surface area contributed by atoms with Crippen LogP contribution >= 0.6 is 11.3 Å². The Kier molecular flexibility index (Phi) is 6.06. The van der Waals surface area contributed by atoms with E-state index < -0.39 is 0 Å². The van der Waals surface area contributed by atoms with Crippen molar-refractivity contribution in [1.82, 2.24) is 19.6 Å². The van der Waals surface area contributed by atoms with Gasteiger partial charge in [-0.25, -0.2) is 4.98 Å². The highest BCUT2D eigenvalue weighted by Crippen LogP contribution is 2.09. The molecule has 1 N–H and O–H groups in total. The number of rotatable bonds is 7. The van der Waals surface area contributed by atoms with Crippen molar-refractivity contribution in [2.24, 2.45) is 4.99 Å². The zero-order chi connectivity index (χ0) is 17.5. The second-order valence-corrected chi connectivity index (χ2v) is 6.97. The Morgan fingerprint density at radius 2 is 2.20 bits per heavy atom. The smallest absolute Gasteiger partial charge is 0.193 e. The third kappa shape index (κ3) is 4.82. The Labute approximate surface area is 153 Å². The van der Waals surface area contributed by atoms with Crippen LogP contribution < -0.4 is 5.32 Å². The summed E-state index contributed by atoms with van der Waals surface area (Å²) in [7, 11) is 2.10. The highest BCUT2D eigenvalue weighted by Gasteiger charge is 2.07. The average Bonchev–Trinajstić information content (AvgIpc) is 3.28. The van der Waals surface area contributed by atoms with Crippen LogP contribution in [0, 0.1) is 0 Å². The molecule has 0 saturated heterocycles. The standard InChI is InChI=1S/C19H25N5S/c1-3-20-19(23(2)13-10-17-7-6-14-25-17)21-11-9-16-15-24-12-5-4-8-18(24)22-16/h4-8,12,14-15H,3,9-11,13H2,1-2H3,(H,20,21). The lowest BCUT2D eigenvalue weighted by molar-refractivity contribution is 0.487. The van der Waals surface area contributed by atoms with Gasteiger partial charge in [0.2, 0.25) is 0 Å². The number of hydrogen-bond donors (Lipinski definition) is 1. The zero-order valence-electron chi connectivity index (χ0n) is 14.9. The number of pyridine rings is 1. The van der Waals surface area contributed by atoms with E-state index in [0.717, 1.165) is 49.8 Å². The summed E-state index contributed by atoms with van der Waals surface area (Å²) in [5.41, 5.74) is 2.06. The number of nitrogens with one attached hydrogen (secondary N) is 1.